The highest BCUT2D eigenvalue weighted by Crippen LogP contribution is 2.34. The van der Waals surface area contributed by atoms with E-state index >= 15 is 0 Å². The van der Waals surface area contributed by atoms with Crippen molar-refractivity contribution in [3.05, 3.63) is 0 Å². The molecule has 0 saturated heterocycles. The summed E-state index contributed by atoms with van der Waals surface area (Å²) in [6.45, 7) is 4.12. The Bertz CT molecular complexity index is 118. The molecule has 1 fully saturated rings. The van der Waals surface area contributed by atoms with Crippen LogP contribution in [0.4, 0.5) is 0 Å². The Morgan fingerprint density at radius 1 is 1.56 bits per heavy atom. The Morgan fingerprint density at radius 2 is 2.22 bits per heavy atom. The van der Waals surface area contributed by atoms with Crippen molar-refractivity contribution in [2.24, 2.45) is 11.8 Å². The lowest BCUT2D eigenvalue weighted by molar-refractivity contribution is -0.127. The number of hydrogen-bond acceptors (Lipinski definition) is 1. The van der Waals surface area contributed by atoms with Gasteiger partial charge in [0, 0.05) is 12.3 Å². The third-order valence-electron chi connectivity index (χ3n) is 2.38. The largest absolute Gasteiger partial charge is 0.299 e. The molecule has 0 heterocycles. The van der Waals surface area contributed by atoms with Crippen LogP contribution in [0.15, 0.2) is 0 Å². The molecule has 0 aliphatic heterocycles. The van der Waals surface area contributed by atoms with Gasteiger partial charge >= 0.3 is 0 Å². The van der Waals surface area contributed by atoms with Gasteiger partial charge in [-0.3, -0.25) is 4.79 Å². The second-order valence-corrected chi connectivity index (χ2v) is 2.98. The monoisotopic (exact) mass is 126 g/mol. The Balaban J connectivity index is 2.35. The third-order valence-corrected chi connectivity index (χ3v) is 2.38. The Morgan fingerprint density at radius 3 is 2.33 bits per heavy atom. The van der Waals surface area contributed by atoms with Gasteiger partial charge in [-0.05, 0) is 18.8 Å². The van der Waals surface area contributed by atoms with Crippen molar-refractivity contribution in [2.45, 2.75) is 33.1 Å². The minimum Gasteiger partial charge on any atom is -0.299 e. The van der Waals surface area contributed by atoms with E-state index in [1.165, 1.54) is 6.42 Å². The molecule has 1 rings (SSSR count). The van der Waals surface area contributed by atoms with E-state index in [1.54, 1.807) is 0 Å². The summed E-state index contributed by atoms with van der Waals surface area (Å²) in [5, 5.41) is 0. The molecule has 1 heteroatoms. The molecule has 1 nitrogen and oxygen atoms in total. The summed E-state index contributed by atoms with van der Waals surface area (Å²) in [5.41, 5.74) is 0. The highest BCUT2D eigenvalue weighted by Gasteiger charge is 2.31. The molecule has 0 amide bonds. The summed E-state index contributed by atoms with van der Waals surface area (Å²) >= 11 is 0. The van der Waals surface area contributed by atoms with Crippen molar-refractivity contribution >= 4 is 5.78 Å². The second-order valence-electron chi connectivity index (χ2n) is 2.98. The van der Waals surface area contributed by atoms with Crippen molar-refractivity contribution in [3.63, 3.8) is 0 Å². The van der Waals surface area contributed by atoms with E-state index in [2.05, 4.69) is 6.92 Å². The standard InChI is InChI=1S/C8H14O/c1-3-8(9)7-5-4-6(7)2/h6-7H,3-5H2,1-2H3. The number of Topliss-reactive ketones (excluding diaryl/α,β-unsaturated/α-hetero) is 1. The van der Waals surface area contributed by atoms with Crippen LogP contribution in [0, 0.1) is 11.8 Å². The average Bonchev–Trinajstić information content (AvgIpc) is 1.84. The lowest BCUT2D eigenvalue weighted by Crippen LogP contribution is -2.30. The number of rotatable bonds is 2. The topological polar surface area (TPSA) is 17.1 Å². The molecule has 0 bridgehead atoms. The molecular formula is C8H14O. The minimum absolute atomic E-state index is 0.426. The zero-order valence-corrected chi connectivity index (χ0v) is 6.18. The first-order valence-electron chi connectivity index (χ1n) is 3.78. The summed E-state index contributed by atoms with van der Waals surface area (Å²) in [5.74, 6) is 1.57. The summed E-state index contributed by atoms with van der Waals surface area (Å²) < 4.78 is 0. The van der Waals surface area contributed by atoms with E-state index in [0.29, 0.717) is 17.6 Å². The number of carbonyl (C=O) groups excluding carboxylic acids is 1. The molecule has 0 aromatic rings. The van der Waals surface area contributed by atoms with Gasteiger partial charge in [-0.2, -0.15) is 0 Å². The number of hydrogen-bond donors (Lipinski definition) is 0. The molecular weight excluding hydrogens is 112 g/mol. The lowest BCUT2D eigenvalue weighted by Gasteiger charge is -2.32. The first-order valence-corrected chi connectivity index (χ1v) is 3.78. The van der Waals surface area contributed by atoms with Crippen LogP contribution in [-0.4, -0.2) is 5.78 Å². The molecule has 1 aliphatic rings. The van der Waals surface area contributed by atoms with E-state index in [-0.39, 0.29) is 0 Å². The Hall–Kier alpha value is -0.330. The smallest absolute Gasteiger partial charge is 0.135 e. The summed E-state index contributed by atoms with van der Waals surface area (Å²) in [7, 11) is 0. The van der Waals surface area contributed by atoms with Gasteiger partial charge in [-0.15, -0.1) is 0 Å². The number of ketones is 1. The quantitative estimate of drug-likeness (QED) is 0.553. The van der Waals surface area contributed by atoms with Crippen LogP contribution < -0.4 is 0 Å². The molecule has 0 aromatic carbocycles. The normalized spacial score (nSPS) is 33.6. The Labute approximate surface area is 56.4 Å². The SMILES string of the molecule is CCC(=O)C1CCC1C. The van der Waals surface area contributed by atoms with Crippen molar-refractivity contribution < 1.29 is 4.79 Å². The van der Waals surface area contributed by atoms with Gasteiger partial charge in [0.05, 0.1) is 0 Å². The fourth-order valence-electron chi connectivity index (χ4n) is 1.41. The summed E-state index contributed by atoms with van der Waals surface area (Å²) in [6.07, 6.45) is 3.14. The van der Waals surface area contributed by atoms with Gasteiger partial charge in [-0.1, -0.05) is 13.8 Å². The average molecular weight is 126 g/mol. The van der Waals surface area contributed by atoms with Crippen LogP contribution in [0.2, 0.25) is 0 Å². The predicted molar refractivity (Wildman–Crippen MR) is 37.2 cm³/mol. The molecule has 2 unspecified atom stereocenters. The van der Waals surface area contributed by atoms with Crippen LogP contribution in [0.5, 0.6) is 0 Å². The van der Waals surface area contributed by atoms with Crippen LogP contribution >= 0.6 is 0 Å². The van der Waals surface area contributed by atoms with E-state index in [0.717, 1.165) is 12.8 Å². The van der Waals surface area contributed by atoms with Crippen molar-refractivity contribution in [2.75, 3.05) is 0 Å². The minimum atomic E-state index is 0.426. The van der Waals surface area contributed by atoms with Crippen molar-refractivity contribution in [3.8, 4) is 0 Å². The first-order chi connectivity index (χ1) is 4.25. The maximum absolute atomic E-state index is 11.0. The summed E-state index contributed by atoms with van der Waals surface area (Å²) in [4.78, 5) is 11.0. The Kier molecular flexibility index (Phi) is 1.89. The van der Waals surface area contributed by atoms with Crippen LogP contribution in [0.3, 0.4) is 0 Å². The van der Waals surface area contributed by atoms with Gasteiger partial charge in [0.15, 0.2) is 0 Å². The van der Waals surface area contributed by atoms with Crippen LogP contribution in [-0.2, 0) is 4.79 Å². The highest BCUT2D eigenvalue weighted by atomic mass is 16.1. The van der Waals surface area contributed by atoms with Gasteiger partial charge in [-0.25, -0.2) is 0 Å². The van der Waals surface area contributed by atoms with Crippen molar-refractivity contribution in [1.29, 1.82) is 0 Å². The van der Waals surface area contributed by atoms with Gasteiger partial charge in [0.1, 0.15) is 5.78 Å². The van der Waals surface area contributed by atoms with Gasteiger partial charge < -0.3 is 0 Å². The molecule has 0 spiro atoms. The number of carbonyl (C=O) groups is 1. The van der Waals surface area contributed by atoms with Gasteiger partial charge in [0.25, 0.3) is 0 Å². The first kappa shape index (κ1) is 6.79. The van der Waals surface area contributed by atoms with E-state index in [4.69, 9.17) is 0 Å². The molecule has 1 aliphatic carbocycles. The van der Waals surface area contributed by atoms with Gasteiger partial charge in [0.2, 0.25) is 0 Å². The van der Waals surface area contributed by atoms with E-state index in [1.807, 2.05) is 6.92 Å². The fourth-order valence-corrected chi connectivity index (χ4v) is 1.41. The third kappa shape index (κ3) is 1.15. The van der Waals surface area contributed by atoms with Crippen LogP contribution in [0.25, 0.3) is 0 Å². The molecule has 0 radical (unpaired) electrons. The van der Waals surface area contributed by atoms with Crippen molar-refractivity contribution in [1.82, 2.24) is 0 Å². The maximum Gasteiger partial charge on any atom is 0.135 e. The zero-order valence-electron chi connectivity index (χ0n) is 6.18. The molecule has 0 aromatic heterocycles. The van der Waals surface area contributed by atoms with E-state index in [9.17, 15) is 4.79 Å². The molecule has 0 N–H and O–H groups in total. The molecule has 2 atom stereocenters. The highest BCUT2D eigenvalue weighted by molar-refractivity contribution is 5.81. The van der Waals surface area contributed by atoms with Crippen LogP contribution in [0.1, 0.15) is 33.1 Å². The maximum atomic E-state index is 11.0. The van der Waals surface area contributed by atoms with E-state index < -0.39 is 0 Å². The lowest BCUT2D eigenvalue weighted by atomic mass is 9.72. The molecule has 1 saturated carbocycles. The predicted octanol–water partition coefficient (Wildman–Crippen LogP) is 2.01. The molecule has 9 heavy (non-hydrogen) atoms. The fraction of sp³-hybridized carbons (Fsp3) is 0.875. The second kappa shape index (κ2) is 2.51. The zero-order chi connectivity index (χ0) is 6.85. The molecule has 52 valence electrons. The summed E-state index contributed by atoms with van der Waals surface area (Å²) in [6, 6.07) is 0.